The van der Waals surface area contributed by atoms with Crippen LogP contribution in [0.15, 0.2) is 60.7 Å². The normalized spacial score (nSPS) is 21.4. The molecular formula is C17H18S2. The third-order valence-electron chi connectivity index (χ3n) is 3.85. The second-order valence-electron chi connectivity index (χ2n) is 4.83. The lowest BCUT2D eigenvalue weighted by atomic mass is 9.86. The first kappa shape index (κ1) is 13.1. The van der Waals surface area contributed by atoms with Gasteiger partial charge in [-0.15, -0.1) is 11.8 Å². The van der Waals surface area contributed by atoms with Gasteiger partial charge in [-0.25, -0.2) is 0 Å². The summed E-state index contributed by atoms with van der Waals surface area (Å²) in [5, 5.41) is 0.655. The zero-order chi connectivity index (χ0) is 13.1. The Morgan fingerprint density at radius 3 is 1.95 bits per heavy atom. The van der Waals surface area contributed by atoms with E-state index in [0.717, 1.165) is 0 Å². The van der Waals surface area contributed by atoms with Crippen molar-refractivity contribution in [2.45, 2.75) is 16.4 Å². The lowest BCUT2D eigenvalue weighted by Gasteiger charge is -2.35. The molecule has 0 spiro atoms. The van der Waals surface area contributed by atoms with Crippen LogP contribution >= 0.6 is 23.5 Å². The highest BCUT2D eigenvalue weighted by Gasteiger charge is 2.45. The second kappa shape index (κ2) is 5.64. The van der Waals surface area contributed by atoms with Gasteiger partial charge in [0.05, 0.1) is 4.75 Å². The minimum Gasteiger partial charge on any atom is -0.160 e. The summed E-state index contributed by atoms with van der Waals surface area (Å²) in [5.74, 6) is 1.25. The van der Waals surface area contributed by atoms with Gasteiger partial charge in [0.15, 0.2) is 0 Å². The van der Waals surface area contributed by atoms with E-state index in [0.29, 0.717) is 5.25 Å². The quantitative estimate of drug-likeness (QED) is 0.795. The van der Waals surface area contributed by atoms with Crippen LogP contribution in [0, 0.1) is 0 Å². The maximum Gasteiger partial charge on any atom is 0.0775 e. The molecule has 0 aliphatic carbocycles. The highest BCUT2D eigenvalue weighted by molar-refractivity contribution is 8.04. The molecule has 1 heterocycles. The van der Waals surface area contributed by atoms with Gasteiger partial charge in [0.25, 0.3) is 0 Å². The average Bonchev–Trinajstić information content (AvgIpc) is 2.94. The molecule has 2 aromatic rings. The van der Waals surface area contributed by atoms with Crippen molar-refractivity contribution in [1.82, 2.24) is 0 Å². The molecule has 1 saturated heterocycles. The standard InChI is InChI=1S/C17H18S2/c1-18-16-12-13-19-17(16,14-8-4-2-5-9-14)15-10-6-3-7-11-15/h2-11,16H,12-13H2,1H3. The van der Waals surface area contributed by atoms with E-state index in [1.807, 2.05) is 11.8 Å². The fraction of sp³-hybridized carbons (Fsp3) is 0.294. The Morgan fingerprint density at radius 1 is 0.947 bits per heavy atom. The molecule has 0 amide bonds. The first-order valence-electron chi connectivity index (χ1n) is 6.66. The fourth-order valence-electron chi connectivity index (χ4n) is 2.98. The maximum atomic E-state index is 2.29. The summed E-state index contributed by atoms with van der Waals surface area (Å²) in [6.07, 6.45) is 3.53. The van der Waals surface area contributed by atoms with E-state index in [4.69, 9.17) is 0 Å². The van der Waals surface area contributed by atoms with Crippen LogP contribution in [0.1, 0.15) is 17.5 Å². The molecule has 1 aliphatic rings. The van der Waals surface area contributed by atoms with Crippen molar-refractivity contribution in [3.05, 3.63) is 71.8 Å². The lowest BCUT2D eigenvalue weighted by Crippen LogP contribution is -2.31. The second-order valence-corrected chi connectivity index (χ2v) is 7.21. The summed E-state index contributed by atoms with van der Waals surface area (Å²) in [6, 6.07) is 22.0. The molecule has 0 radical (unpaired) electrons. The largest absolute Gasteiger partial charge is 0.160 e. The molecule has 0 saturated carbocycles. The minimum atomic E-state index is 0.127. The van der Waals surface area contributed by atoms with Crippen molar-refractivity contribution in [3.63, 3.8) is 0 Å². The Balaban J connectivity index is 2.17. The van der Waals surface area contributed by atoms with Gasteiger partial charge in [0, 0.05) is 5.25 Å². The Labute approximate surface area is 124 Å². The van der Waals surface area contributed by atoms with Gasteiger partial charge in [0.2, 0.25) is 0 Å². The molecule has 2 heteroatoms. The van der Waals surface area contributed by atoms with Crippen LogP contribution < -0.4 is 0 Å². The van der Waals surface area contributed by atoms with Crippen LogP contribution in [-0.2, 0) is 4.75 Å². The third-order valence-corrected chi connectivity index (χ3v) is 6.81. The summed E-state index contributed by atoms with van der Waals surface area (Å²) in [7, 11) is 0. The van der Waals surface area contributed by atoms with Gasteiger partial charge >= 0.3 is 0 Å². The Morgan fingerprint density at radius 2 is 1.47 bits per heavy atom. The molecule has 1 unspecified atom stereocenters. The van der Waals surface area contributed by atoms with Crippen LogP contribution in [0.25, 0.3) is 0 Å². The van der Waals surface area contributed by atoms with E-state index in [1.165, 1.54) is 23.3 Å². The number of hydrogen-bond acceptors (Lipinski definition) is 2. The predicted molar refractivity (Wildman–Crippen MR) is 88.0 cm³/mol. The number of benzene rings is 2. The minimum absolute atomic E-state index is 0.127. The fourth-order valence-corrected chi connectivity index (χ4v) is 6.17. The molecule has 0 bridgehead atoms. The lowest BCUT2D eigenvalue weighted by molar-refractivity contribution is 0.706. The van der Waals surface area contributed by atoms with Gasteiger partial charge in [-0.1, -0.05) is 60.7 Å². The molecule has 3 rings (SSSR count). The van der Waals surface area contributed by atoms with Crippen LogP contribution in [0.4, 0.5) is 0 Å². The van der Waals surface area contributed by atoms with Crippen molar-refractivity contribution in [2.24, 2.45) is 0 Å². The van der Waals surface area contributed by atoms with Crippen LogP contribution in [0.5, 0.6) is 0 Å². The maximum absolute atomic E-state index is 2.29. The van der Waals surface area contributed by atoms with Crippen LogP contribution in [0.3, 0.4) is 0 Å². The van der Waals surface area contributed by atoms with Crippen molar-refractivity contribution >= 4 is 23.5 Å². The van der Waals surface area contributed by atoms with Gasteiger partial charge in [-0.3, -0.25) is 0 Å². The highest BCUT2D eigenvalue weighted by Crippen LogP contribution is 2.55. The molecule has 1 fully saturated rings. The molecule has 1 atom stereocenters. The van der Waals surface area contributed by atoms with E-state index in [-0.39, 0.29) is 4.75 Å². The summed E-state index contributed by atoms with van der Waals surface area (Å²) >= 11 is 4.12. The molecule has 0 aromatic heterocycles. The van der Waals surface area contributed by atoms with Crippen molar-refractivity contribution in [2.75, 3.05) is 12.0 Å². The van der Waals surface area contributed by atoms with E-state index >= 15 is 0 Å². The topological polar surface area (TPSA) is 0 Å². The summed E-state index contributed by atoms with van der Waals surface area (Å²) < 4.78 is 0.127. The predicted octanol–water partition coefficient (Wildman–Crippen LogP) is 4.80. The average molecular weight is 286 g/mol. The van der Waals surface area contributed by atoms with E-state index in [2.05, 4.69) is 78.7 Å². The Bertz CT molecular complexity index is 482. The molecule has 19 heavy (non-hydrogen) atoms. The molecule has 98 valence electrons. The van der Waals surface area contributed by atoms with Gasteiger partial charge in [-0.05, 0) is 29.6 Å². The molecule has 1 aliphatic heterocycles. The van der Waals surface area contributed by atoms with Gasteiger partial charge in [0.1, 0.15) is 0 Å². The SMILES string of the molecule is CSC1CCSC1(c1ccccc1)c1ccccc1. The summed E-state index contributed by atoms with van der Waals surface area (Å²) in [5.41, 5.74) is 2.89. The molecule has 0 nitrogen and oxygen atoms in total. The first-order valence-corrected chi connectivity index (χ1v) is 8.93. The summed E-state index contributed by atoms with van der Waals surface area (Å²) in [4.78, 5) is 0. The molecule has 0 N–H and O–H groups in total. The highest BCUT2D eigenvalue weighted by atomic mass is 32.2. The monoisotopic (exact) mass is 286 g/mol. The molecular weight excluding hydrogens is 268 g/mol. The number of rotatable bonds is 3. The number of hydrogen-bond donors (Lipinski definition) is 0. The number of thioether (sulfide) groups is 2. The van der Waals surface area contributed by atoms with Crippen molar-refractivity contribution < 1.29 is 0 Å². The summed E-state index contributed by atoms with van der Waals surface area (Å²) in [6.45, 7) is 0. The van der Waals surface area contributed by atoms with Gasteiger partial charge < -0.3 is 0 Å². The molecule has 2 aromatic carbocycles. The first-order chi connectivity index (χ1) is 9.38. The van der Waals surface area contributed by atoms with Gasteiger partial charge in [-0.2, -0.15) is 11.8 Å². The smallest absolute Gasteiger partial charge is 0.0775 e. The Hall–Kier alpha value is -0.860. The van der Waals surface area contributed by atoms with Crippen LogP contribution in [-0.4, -0.2) is 17.3 Å². The van der Waals surface area contributed by atoms with E-state index in [1.54, 1.807) is 0 Å². The zero-order valence-corrected chi connectivity index (χ0v) is 12.7. The Kier molecular flexibility index (Phi) is 3.90. The van der Waals surface area contributed by atoms with Crippen molar-refractivity contribution in [1.29, 1.82) is 0 Å². The zero-order valence-electron chi connectivity index (χ0n) is 11.1. The third kappa shape index (κ3) is 2.21. The van der Waals surface area contributed by atoms with Crippen LogP contribution in [0.2, 0.25) is 0 Å². The van der Waals surface area contributed by atoms with Crippen molar-refractivity contribution in [3.8, 4) is 0 Å². The van der Waals surface area contributed by atoms with E-state index in [9.17, 15) is 0 Å². The van der Waals surface area contributed by atoms with E-state index < -0.39 is 0 Å².